The lowest BCUT2D eigenvalue weighted by Crippen LogP contribution is -2.57. The second kappa shape index (κ2) is 8.76. The molecule has 0 aromatic carbocycles. The lowest BCUT2D eigenvalue weighted by molar-refractivity contribution is -0.182. The zero-order valence-electron chi connectivity index (χ0n) is 13.3. The maximum Gasteiger partial charge on any atom is 0.405 e. The van der Waals surface area contributed by atoms with Crippen LogP contribution in [0.3, 0.4) is 0 Å². The third kappa shape index (κ3) is 7.61. The standard InChI is InChI=1S/C11H23F3N4O4S2/c1-2-23(19,20)16-5-8-24(21,22)17-9-10(11(12,13)14)18-6-3-15-4-7-18/h10,15-17H,2-9H2,1H3. The van der Waals surface area contributed by atoms with Crippen LogP contribution in [0.2, 0.25) is 0 Å². The molecule has 0 bridgehead atoms. The van der Waals surface area contributed by atoms with Gasteiger partial charge in [-0.25, -0.2) is 26.3 Å². The first-order valence-electron chi connectivity index (χ1n) is 7.43. The van der Waals surface area contributed by atoms with E-state index in [0.717, 1.165) is 0 Å². The average molecular weight is 396 g/mol. The molecule has 13 heteroatoms. The SMILES string of the molecule is CCS(=O)(=O)NCCS(=O)(=O)NCC(N1CCNCC1)C(F)(F)F. The Bertz CT molecular complexity index is 589. The molecule has 144 valence electrons. The summed E-state index contributed by atoms with van der Waals surface area (Å²) in [4.78, 5) is 1.18. The Morgan fingerprint density at radius 1 is 1.08 bits per heavy atom. The lowest BCUT2D eigenvalue weighted by atomic mass is 10.2. The lowest BCUT2D eigenvalue weighted by Gasteiger charge is -2.35. The molecule has 0 aromatic heterocycles. The van der Waals surface area contributed by atoms with E-state index in [2.05, 4.69) is 10.0 Å². The second-order valence-electron chi connectivity index (χ2n) is 5.31. The topological polar surface area (TPSA) is 108 Å². The van der Waals surface area contributed by atoms with E-state index < -0.39 is 51.1 Å². The van der Waals surface area contributed by atoms with Crippen LogP contribution in [0.15, 0.2) is 0 Å². The summed E-state index contributed by atoms with van der Waals surface area (Å²) in [5.74, 6) is -0.835. The average Bonchev–Trinajstić information content (AvgIpc) is 2.46. The molecule has 0 amide bonds. The Hall–Kier alpha value is -0.470. The molecule has 0 aromatic rings. The summed E-state index contributed by atoms with van der Waals surface area (Å²) < 4.78 is 89.4. The van der Waals surface area contributed by atoms with E-state index in [0.29, 0.717) is 13.1 Å². The number of sulfonamides is 2. The molecule has 0 aliphatic carbocycles. The third-order valence-electron chi connectivity index (χ3n) is 3.54. The first kappa shape index (κ1) is 21.6. The Morgan fingerprint density at radius 2 is 1.67 bits per heavy atom. The van der Waals surface area contributed by atoms with Crippen molar-refractivity contribution in [3.05, 3.63) is 0 Å². The number of rotatable bonds is 9. The van der Waals surface area contributed by atoms with Crippen LogP contribution in [0.1, 0.15) is 6.92 Å². The molecule has 8 nitrogen and oxygen atoms in total. The van der Waals surface area contributed by atoms with Gasteiger partial charge in [0.25, 0.3) is 0 Å². The number of nitrogens with one attached hydrogen (secondary N) is 3. The quantitative estimate of drug-likeness (QED) is 0.446. The summed E-state index contributed by atoms with van der Waals surface area (Å²) >= 11 is 0. The van der Waals surface area contributed by atoms with Crippen LogP contribution in [0.4, 0.5) is 13.2 Å². The zero-order valence-corrected chi connectivity index (χ0v) is 14.9. The van der Waals surface area contributed by atoms with Gasteiger partial charge in [-0.3, -0.25) is 4.90 Å². The van der Waals surface area contributed by atoms with Crippen molar-refractivity contribution in [2.45, 2.75) is 19.1 Å². The summed E-state index contributed by atoms with van der Waals surface area (Å²) in [6.07, 6.45) is -4.57. The Kier molecular flexibility index (Phi) is 7.87. The maximum absolute atomic E-state index is 13.1. The molecule has 1 saturated heterocycles. The molecule has 1 atom stereocenters. The highest BCUT2D eigenvalue weighted by molar-refractivity contribution is 7.90. The largest absolute Gasteiger partial charge is 0.405 e. The summed E-state index contributed by atoms with van der Waals surface area (Å²) in [6, 6.07) is -1.92. The number of nitrogens with zero attached hydrogens (tertiary/aromatic N) is 1. The normalized spacial score (nSPS) is 19.3. The molecule has 3 N–H and O–H groups in total. The number of alkyl halides is 3. The van der Waals surface area contributed by atoms with Gasteiger partial charge in [0.15, 0.2) is 0 Å². The van der Waals surface area contributed by atoms with Gasteiger partial charge in [-0.05, 0) is 6.92 Å². The molecule has 0 radical (unpaired) electrons. The molecule has 1 aliphatic heterocycles. The van der Waals surface area contributed by atoms with Crippen molar-refractivity contribution < 1.29 is 30.0 Å². The Labute approximate surface area is 140 Å². The van der Waals surface area contributed by atoms with Gasteiger partial charge < -0.3 is 5.32 Å². The van der Waals surface area contributed by atoms with Gasteiger partial charge in [0.2, 0.25) is 20.0 Å². The highest BCUT2D eigenvalue weighted by Gasteiger charge is 2.44. The van der Waals surface area contributed by atoms with Crippen molar-refractivity contribution >= 4 is 20.0 Å². The molecule has 0 spiro atoms. The van der Waals surface area contributed by atoms with Gasteiger partial charge in [0, 0.05) is 39.3 Å². The highest BCUT2D eigenvalue weighted by Crippen LogP contribution is 2.24. The van der Waals surface area contributed by atoms with Gasteiger partial charge in [-0.2, -0.15) is 13.2 Å². The Morgan fingerprint density at radius 3 is 2.17 bits per heavy atom. The van der Waals surface area contributed by atoms with Gasteiger partial charge in [0.1, 0.15) is 6.04 Å². The fourth-order valence-corrected chi connectivity index (χ4v) is 3.83. The van der Waals surface area contributed by atoms with Crippen LogP contribution >= 0.6 is 0 Å². The molecule has 1 aliphatic rings. The molecule has 1 unspecified atom stereocenters. The fraction of sp³-hybridized carbons (Fsp3) is 1.00. The molecule has 1 rings (SSSR count). The Balaban J connectivity index is 2.58. The van der Waals surface area contributed by atoms with Crippen molar-refractivity contribution in [1.29, 1.82) is 0 Å². The molecule has 1 heterocycles. The smallest absolute Gasteiger partial charge is 0.314 e. The number of halogens is 3. The second-order valence-corrected chi connectivity index (χ2v) is 9.33. The minimum Gasteiger partial charge on any atom is -0.314 e. The minimum absolute atomic E-state index is 0.169. The molecule has 0 saturated carbocycles. The molecule has 1 fully saturated rings. The van der Waals surface area contributed by atoms with E-state index in [1.807, 2.05) is 4.72 Å². The van der Waals surface area contributed by atoms with Crippen LogP contribution in [-0.2, 0) is 20.0 Å². The van der Waals surface area contributed by atoms with E-state index in [1.165, 1.54) is 11.8 Å². The van der Waals surface area contributed by atoms with Gasteiger partial charge in [-0.15, -0.1) is 0 Å². The number of hydrogen-bond donors (Lipinski definition) is 3. The monoisotopic (exact) mass is 396 g/mol. The summed E-state index contributed by atoms with van der Waals surface area (Å²) in [5.41, 5.74) is 0. The van der Waals surface area contributed by atoms with Crippen molar-refractivity contribution in [1.82, 2.24) is 19.7 Å². The van der Waals surface area contributed by atoms with Crippen LogP contribution in [-0.4, -0.2) is 84.7 Å². The van der Waals surface area contributed by atoms with E-state index in [9.17, 15) is 30.0 Å². The van der Waals surface area contributed by atoms with Crippen molar-refractivity contribution in [3.8, 4) is 0 Å². The summed E-state index contributed by atoms with van der Waals surface area (Å²) in [7, 11) is -7.58. The van der Waals surface area contributed by atoms with Crippen molar-refractivity contribution in [3.63, 3.8) is 0 Å². The van der Waals surface area contributed by atoms with Crippen LogP contribution in [0.5, 0.6) is 0 Å². The number of piperazine rings is 1. The highest BCUT2D eigenvalue weighted by atomic mass is 32.2. The maximum atomic E-state index is 13.1. The van der Waals surface area contributed by atoms with Gasteiger partial charge in [-0.1, -0.05) is 0 Å². The number of hydrogen-bond acceptors (Lipinski definition) is 6. The third-order valence-corrected chi connectivity index (χ3v) is 6.29. The van der Waals surface area contributed by atoms with E-state index in [-0.39, 0.29) is 18.8 Å². The predicted molar refractivity (Wildman–Crippen MR) is 83.5 cm³/mol. The van der Waals surface area contributed by atoms with Crippen LogP contribution < -0.4 is 14.8 Å². The zero-order chi connectivity index (χ0) is 18.4. The molecular weight excluding hydrogens is 373 g/mol. The molecule has 24 heavy (non-hydrogen) atoms. The first-order valence-corrected chi connectivity index (χ1v) is 10.7. The van der Waals surface area contributed by atoms with Crippen LogP contribution in [0, 0.1) is 0 Å². The van der Waals surface area contributed by atoms with E-state index >= 15 is 0 Å². The van der Waals surface area contributed by atoms with Gasteiger partial charge >= 0.3 is 6.18 Å². The van der Waals surface area contributed by atoms with Crippen LogP contribution in [0.25, 0.3) is 0 Å². The van der Waals surface area contributed by atoms with Crippen molar-refractivity contribution in [2.24, 2.45) is 0 Å². The van der Waals surface area contributed by atoms with Gasteiger partial charge in [0.05, 0.1) is 11.5 Å². The summed E-state index contributed by atoms with van der Waals surface area (Å²) in [5, 5.41) is 2.93. The minimum atomic E-state index is -4.57. The summed E-state index contributed by atoms with van der Waals surface area (Å²) in [6.45, 7) is 1.33. The predicted octanol–water partition coefficient (Wildman–Crippen LogP) is -1.32. The van der Waals surface area contributed by atoms with E-state index in [4.69, 9.17) is 0 Å². The van der Waals surface area contributed by atoms with E-state index in [1.54, 1.807) is 0 Å². The fourth-order valence-electron chi connectivity index (χ4n) is 2.16. The van der Waals surface area contributed by atoms with Crippen molar-refractivity contribution in [2.75, 3.05) is 50.8 Å². The first-order chi connectivity index (χ1) is 11.0. The molecular formula is C11H23F3N4O4S2.